The first-order valence-corrected chi connectivity index (χ1v) is 8.02. The van der Waals surface area contributed by atoms with E-state index in [2.05, 4.69) is 5.32 Å². The maximum atomic E-state index is 13.2. The zero-order valence-electron chi connectivity index (χ0n) is 14.6. The van der Waals surface area contributed by atoms with Crippen molar-refractivity contribution < 1.29 is 23.1 Å². The van der Waals surface area contributed by atoms with Crippen LogP contribution in [0.3, 0.4) is 0 Å². The van der Waals surface area contributed by atoms with Gasteiger partial charge in [-0.1, -0.05) is 12.1 Å². The SMILES string of the molecule is COc1ccc(CN(CCC(=O)Nc2ccc(F)c(F)c2)C(C)=O)cc1. The van der Waals surface area contributed by atoms with Crippen LogP contribution in [-0.4, -0.2) is 30.4 Å². The zero-order valence-corrected chi connectivity index (χ0v) is 14.6. The fraction of sp³-hybridized carbons (Fsp3) is 0.263. The quantitative estimate of drug-likeness (QED) is 0.822. The molecule has 0 atom stereocenters. The van der Waals surface area contributed by atoms with Crippen molar-refractivity contribution >= 4 is 17.5 Å². The number of nitrogens with one attached hydrogen (secondary N) is 1. The van der Waals surface area contributed by atoms with Gasteiger partial charge in [-0.15, -0.1) is 0 Å². The number of benzene rings is 2. The molecular formula is C19H20F2N2O3. The van der Waals surface area contributed by atoms with E-state index in [0.717, 1.165) is 17.7 Å². The van der Waals surface area contributed by atoms with Gasteiger partial charge in [0.2, 0.25) is 11.8 Å². The van der Waals surface area contributed by atoms with Crippen LogP contribution >= 0.6 is 0 Å². The molecule has 2 aromatic rings. The van der Waals surface area contributed by atoms with Gasteiger partial charge in [0.1, 0.15) is 5.75 Å². The van der Waals surface area contributed by atoms with Gasteiger partial charge in [-0.3, -0.25) is 9.59 Å². The second-order valence-electron chi connectivity index (χ2n) is 5.72. The number of ether oxygens (including phenoxy) is 1. The molecule has 1 N–H and O–H groups in total. The largest absolute Gasteiger partial charge is 0.497 e. The average Bonchev–Trinajstić information content (AvgIpc) is 2.62. The van der Waals surface area contributed by atoms with Crippen LogP contribution in [0.4, 0.5) is 14.5 Å². The lowest BCUT2D eigenvalue weighted by Crippen LogP contribution is -2.31. The van der Waals surface area contributed by atoms with Crippen LogP contribution in [0.1, 0.15) is 18.9 Å². The van der Waals surface area contributed by atoms with Crippen molar-refractivity contribution in [2.75, 3.05) is 19.0 Å². The summed E-state index contributed by atoms with van der Waals surface area (Å²) in [5.74, 6) is -1.86. The highest BCUT2D eigenvalue weighted by Gasteiger charge is 2.13. The molecule has 0 unspecified atom stereocenters. The molecule has 2 aromatic carbocycles. The van der Waals surface area contributed by atoms with Crippen molar-refractivity contribution in [3.05, 3.63) is 59.7 Å². The highest BCUT2D eigenvalue weighted by atomic mass is 19.2. The first kappa shape index (κ1) is 19.4. The van der Waals surface area contributed by atoms with Gasteiger partial charge in [-0.25, -0.2) is 8.78 Å². The summed E-state index contributed by atoms with van der Waals surface area (Å²) in [5.41, 5.74) is 1.07. The van der Waals surface area contributed by atoms with E-state index in [1.807, 2.05) is 12.1 Å². The minimum Gasteiger partial charge on any atom is -0.497 e. The summed E-state index contributed by atoms with van der Waals surface area (Å²) in [6, 6.07) is 10.4. The predicted octanol–water partition coefficient (Wildman–Crippen LogP) is 3.35. The van der Waals surface area contributed by atoms with Gasteiger partial charge in [-0.05, 0) is 29.8 Å². The topological polar surface area (TPSA) is 58.6 Å². The van der Waals surface area contributed by atoms with Crippen LogP contribution in [0.2, 0.25) is 0 Å². The Morgan fingerprint density at radius 1 is 1.08 bits per heavy atom. The lowest BCUT2D eigenvalue weighted by Gasteiger charge is -2.21. The van der Waals surface area contributed by atoms with E-state index in [1.165, 1.54) is 17.9 Å². The number of anilines is 1. The summed E-state index contributed by atoms with van der Waals surface area (Å²) < 4.78 is 31.1. The lowest BCUT2D eigenvalue weighted by atomic mass is 10.2. The number of hydrogen-bond donors (Lipinski definition) is 1. The molecule has 0 aliphatic heterocycles. The molecule has 7 heteroatoms. The van der Waals surface area contributed by atoms with Crippen molar-refractivity contribution in [1.82, 2.24) is 4.90 Å². The van der Waals surface area contributed by atoms with Crippen LogP contribution in [0.15, 0.2) is 42.5 Å². The molecule has 0 bridgehead atoms. The van der Waals surface area contributed by atoms with E-state index in [0.29, 0.717) is 12.3 Å². The molecule has 138 valence electrons. The average molecular weight is 362 g/mol. The zero-order chi connectivity index (χ0) is 19.1. The van der Waals surface area contributed by atoms with Gasteiger partial charge in [0.25, 0.3) is 0 Å². The summed E-state index contributed by atoms with van der Waals surface area (Å²) >= 11 is 0. The molecule has 0 aliphatic carbocycles. The summed E-state index contributed by atoms with van der Waals surface area (Å²) in [4.78, 5) is 25.3. The van der Waals surface area contributed by atoms with Gasteiger partial charge in [0.15, 0.2) is 11.6 Å². The highest BCUT2D eigenvalue weighted by Crippen LogP contribution is 2.15. The maximum absolute atomic E-state index is 13.2. The van der Waals surface area contributed by atoms with Crippen LogP contribution in [0.25, 0.3) is 0 Å². The molecule has 26 heavy (non-hydrogen) atoms. The van der Waals surface area contributed by atoms with Gasteiger partial charge in [-0.2, -0.15) is 0 Å². The molecule has 0 saturated carbocycles. The Hall–Kier alpha value is -2.96. The molecule has 0 fully saturated rings. The third-order valence-electron chi connectivity index (χ3n) is 3.79. The first-order valence-electron chi connectivity index (χ1n) is 8.02. The molecule has 2 rings (SSSR count). The van der Waals surface area contributed by atoms with E-state index in [-0.39, 0.29) is 24.6 Å². The van der Waals surface area contributed by atoms with Crippen LogP contribution in [-0.2, 0) is 16.1 Å². The summed E-state index contributed by atoms with van der Waals surface area (Å²) in [6.45, 7) is 1.99. The number of nitrogens with zero attached hydrogens (tertiary/aromatic N) is 1. The molecule has 0 aliphatic rings. The number of hydrogen-bond acceptors (Lipinski definition) is 3. The van der Waals surface area contributed by atoms with Gasteiger partial charge < -0.3 is 15.0 Å². The van der Waals surface area contributed by atoms with Crippen molar-refractivity contribution in [3.8, 4) is 5.75 Å². The maximum Gasteiger partial charge on any atom is 0.226 e. The molecule has 0 heterocycles. The van der Waals surface area contributed by atoms with Gasteiger partial charge >= 0.3 is 0 Å². The lowest BCUT2D eigenvalue weighted by molar-refractivity contribution is -0.129. The molecule has 0 spiro atoms. The van der Waals surface area contributed by atoms with Crippen molar-refractivity contribution in [1.29, 1.82) is 0 Å². The number of amides is 2. The van der Waals surface area contributed by atoms with Crippen molar-refractivity contribution in [2.45, 2.75) is 19.9 Å². The Labute approximate surface area is 150 Å². The Morgan fingerprint density at radius 3 is 2.35 bits per heavy atom. The predicted molar refractivity (Wildman–Crippen MR) is 93.7 cm³/mol. The summed E-state index contributed by atoms with van der Waals surface area (Å²) in [7, 11) is 1.57. The van der Waals surface area contributed by atoms with E-state index >= 15 is 0 Å². The first-order chi connectivity index (χ1) is 12.4. The third-order valence-corrected chi connectivity index (χ3v) is 3.79. The Morgan fingerprint density at radius 2 is 1.77 bits per heavy atom. The van der Waals surface area contributed by atoms with E-state index < -0.39 is 17.5 Å². The fourth-order valence-electron chi connectivity index (χ4n) is 2.33. The van der Waals surface area contributed by atoms with Crippen LogP contribution in [0, 0.1) is 11.6 Å². The summed E-state index contributed by atoms with van der Waals surface area (Å²) in [6.07, 6.45) is 0.0364. The van der Waals surface area contributed by atoms with Crippen molar-refractivity contribution in [3.63, 3.8) is 0 Å². The highest BCUT2D eigenvalue weighted by molar-refractivity contribution is 5.91. The van der Waals surface area contributed by atoms with Gasteiger partial charge in [0.05, 0.1) is 7.11 Å². The second-order valence-corrected chi connectivity index (χ2v) is 5.72. The minimum atomic E-state index is -1.03. The molecular weight excluding hydrogens is 342 g/mol. The molecule has 0 aromatic heterocycles. The molecule has 2 amide bonds. The van der Waals surface area contributed by atoms with E-state index in [4.69, 9.17) is 4.74 Å². The van der Waals surface area contributed by atoms with Crippen molar-refractivity contribution in [2.24, 2.45) is 0 Å². The molecule has 0 saturated heterocycles. The van der Waals surface area contributed by atoms with Gasteiger partial charge in [0, 0.05) is 38.2 Å². The van der Waals surface area contributed by atoms with Crippen LogP contribution < -0.4 is 10.1 Å². The number of rotatable bonds is 7. The van der Waals surface area contributed by atoms with E-state index in [9.17, 15) is 18.4 Å². The normalized spacial score (nSPS) is 10.3. The number of carbonyl (C=O) groups is 2. The Kier molecular flexibility index (Phi) is 6.66. The minimum absolute atomic E-state index is 0.0364. The summed E-state index contributed by atoms with van der Waals surface area (Å²) in [5, 5.41) is 2.48. The fourth-order valence-corrected chi connectivity index (χ4v) is 2.33. The molecule has 0 radical (unpaired) electrons. The van der Waals surface area contributed by atoms with Crippen LogP contribution in [0.5, 0.6) is 5.75 Å². The Balaban J connectivity index is 1.91. The number of carbonyl (C=O) groups excluding carboxylic acids is 2. The molecule has 5 nitrogen and oxygen atoms in total. The third kappa shape index (κ3) is 5.54. The number of methoxy groups -OCH3 is 1. The van der Waals surface area contributed by atoms with E-state index in [1.54, 1.807) is 19.2 Å². The standard InChI is InChI=1S/C19H20F2N2O3/c1-13(24)23(12-14-3-6-16(26-2)7-4-14)10-9-19(25)22-15-5-8-17(20)18(21)11-15/h3-8,11H,9-10,12H2,1-2H3,(H,22,25). The second kappa shape index (κ2) is 8.94. The monoisotopic (exact) mass is 362 g/mol. The Bertz CT molecular complexity index is 779. The smallest absolute Gasteiger partial charge is 0.226 e. The number of halogens is 2.